The minimum Gasteiger partial charge on any atom is -0.396 e. The summed E-state index contributed by atoms with van der Waals surface area (Å²) in [6.07, 6.45) is 0. The maximum Gasteiger partial charge on any atom is 0.130 e. The lowest BCUT2D eigenvalue weighted by Crippen LogP contribution is -1.90. The van der Waals surface area contributed by atoms with E-state index in [0.717, 1.165) is 27.2 Å². The molecule has 0 unspecified atom stereocenters. The average molecular weight is 321 g/mol. The summed E-state index contributed by atoms with van der Waals surface area (Å²) in [5, 5.41) is 18.6. The number of hydrogen-bond acceptors (Lipinski definition) is 6. The van der Waals surface area contributed by atoms with E-state index in [1.165, 1.54) is 16.9 Å². The van der Waals surface area contributed by atoms with Crippen molar-refractivity contribution in [3.8, 4) is 6.07 Å². The average Bonchev–Trinajstić information content (AvgIpc) is 2.84. The Hall–Kier alpha value is -2.78. The molecule has 2 N–H and O–H groups in total. The number of nitrogen functional groups attached to an aromatic ring is 1. The summed E-state index contributed by atoms with van der Waals surface area (Å²) in [6, 6.07) is 9.93. The Morgan fingerprint density at radius 3 is 2.48 bits per heavy atom. The van der Waals surface area contributed by atoms with Gasteiger partial charge in [-0.15, -0.1) is 16.5 Å². The third kappa shape index (κ3) is 2.67. The highest BCUT2D eigenvalue weighted by atomic mass is 32.1. The second kappa shape index (κ2) is 5.78. The Morgan fingerprint density at radius 1 is 1.13 bits per heavy atom. The Kier molecular flexibility index (Phi) is 3.80. The molecule has 3 rings (SSSR count). The molecule has 0 aliphatic heterocycles. The van der Waals surface area contributed by atoms with Gasteiger partial charge in [-0.3, -0.25) is 0 Å². The Morgan fingerprint density at radius 2 is 1.83 bits per heavy atom. The number of nitrogens with two attached hydrogens (primary N) is 1. The molecule has 5 nitrogen and oxygen atoms in total. The van der Waals surface area contributed by atoms with Gasteiger partial charge in [-0.1, -0.05) is 17.7 Å². The van der Waals surface area contributed by atoms with Crippen LogP contribution in [0.1, 0.15) is 21.7 Å². The van der Waals surface area contributed by atoms with E-state index in [9.17, 15) is 0 Å². The fourth-order valence-corrected chi connectivity index (χ4v) is 3.42. The quantitative estimate of drug-likeness (QED) is 0.667. The van der Waals surface area contributed by atoms with Crippen LogP contribution in [0.4, 0.5) is 17.1 Å². The van der Waals surface area contributed by atoms with Crippen LogP contribution in [-0.4, -0.2) is 4.98 Å². The highest BCUT2D eigenvalue weighted by Crippen LogP contribution is 2.39. The molecule has 0 amide bonds. The van der Waals surface area contributed by atoms with Gasteiger partial charge in [-0.05, 0) is 38.5 Å². The van der Waals surface area contributed by atoms with Crippen LogP contribution in [0.2, 0.25) is 0 Å². The van der Waals surface area contributed by atoms with Crippen LogP contribution in [-0.2, 0) is 0 Å². The molecule has 0 saturated heterocycles. The maximum absolute atomic E-state index is 9.13. The number of hydrogen-bond donors (Lipinski definition) is 1. The molecule has 114 valence electrons. The zero-order valence-corrected chi connectivity index (χ0v) is 13.9. The van der Waals surface area contributed by atoms with Gasteiger partial charge >= 0.3 is 0 Å². The van der Waals surface area contributed by atoms with E-state index in [1.54, 1.807) is 0 Å². The lowest BCUT2D eigenvalue weighted by atomic mass is 10.1. The number of aryl methyl sites for hydroxylation is 3. The Balaban J connectivity index is 2.12. The van der Waals surface area contributed by atoms with Gasteiger partial charge in [0.25, 0.3) is 0 Å². The lowest BCUT2D eigenvalue weighted by Gasteiger charge is -2.05. The minimum absolute atomic E-state index is 0.476. The molecule has 2 heterocycles. The molecule has 0 aliphatic carbocycles. The maximum atomic E-state index is 9.13. The second-order valence-corrected chi connectivity index (χ2v) is 6.34. The molecule has 0 radical (unpaired) electrons. The first kappa shape index (κ1) is 15.1. The number of benzene rings is 1. The third-order valence-corrected chi connectivity index (χ3v) is 4.67. The van der Waals surface area contributed by atoms with Gasteiger partial charge in [0.2, 0.25) is 0 Å². The molecule has 3 aromatic rings. The fraction of sp³-hybridized carbons (Fsp3) is 0.176. The van der Waals surface area contributed by atoms with E-state index in [-0.39, 0.29) is 0 Å². The number of nitriles is 1. The van der Waals surface area contributed by atoms with Crippen molar-refractivity contribution >= 4 is 38.6 Å². The first-order valence-corrected chi connectivity index (χ1v) is 7.90. The number of azo groups is 1. The summed E-state index contributed by atoms with van der Waals surface area (Å²) in [7, 11) is 0. The summed E-state index contributed by atoms with van der Waals surface area (Å²) < 4.78 is 0. The van der Waals surface area contributed by atoms with Crippen molar-refractivity contribution in [2.75, 3.05) is 5.73 Å². The first-order chi connectivity index (χ1) is 11.0. The predicted molar refractivity (Wildman–Crippen MR) is 93.6 cm³/mol. The normalized spacial score (nSPS) is 11.2. The van der Waals surface area contributed by atoms with E-state index in [4.69, 9.17) is 11.0 Å². The molecule has 6 heteroatoms. The van der Waals surface area contributed by atoms with Gasteiger partial charge < -0.3 is 5.73 Å². The Bertz CT molecular complexity index is 962. The molecule has 2 aromatic heterocycles. The minimum atomic E-state index is 0.476. The van der Waals surface area contributed by atoms with Crippen LogP contribution in [0.3, 0.4) is 0 Å². The van der Waals surface area contributed by atoms with Crippen molar-refractivity contribution in [3.63, 3.8) is 0 Å². The SMILES string of the molecule is Cc1ccc(N=Nc2c(C)nc3sc(C#N)c(N)c3c2C)cc1. The molecule has 0 saturated carbocycles. The van der Waals surface area contributed by atoms with E-state index < -0.39 is 0 Å². The van der Waals surface area contributed by atoms with Crippen LogP contribution in [0.25, 0.3) is 10.2 Å². The number of pyridine rings is 1. The number of fused-ring (bicyclic) bond motifs is 1. The van der Waals surface area contributed by atoms with Crippen molar-refractivity contribution in [2.45, 2.75) is 20.8 Å². The van der Waals surface area contributed by atoms with Crippen molar-refractivity contribution in [2.24, 2.45) is 10.2 Å². The van der Waals surface area contributed by atoms with Crippen LogP contribution in [0.5, 0.6) is 0 Å². The topological polar surface area (TPSA) is 87.4 Å². The van der Waals surface area contributed by atoms with Crippen LogP contribution in [0, 0.1) is 32.1 Å². The fourth-order valence-electron chi connectivity index (χ4n) is 2.42. The molecule has 0 bridgehead atoms. The summed E-state index contributed by atoms with van der Waals surface area (Å²) in [6.45, 7) is 5.85. The molecular formula is C17H15N5S. The highest BCUT2D eigenvalue weighted by molar-refractivity contribution is 7.19. The van der Waals surface area contributed by atoms with Crippen LogP contribution >= 0.6 is 11.3 Å². The number of thiophene rings is 1. The summed E-state index contributed by atoms with van der Waals surface area (Å²) >= 11 is 1.31. The second-order valence-electron chi connectivity index (χ2n) is 5.34. The van der Waals surface area contributed by atoms with Crippen LogP contribution < -0.4 is 5.73 Å². The van der Waals surface area contributed by atoms with Gasteiger partial charge in [0, 0.05) is 5.39 Å². The molecule has 1 aromatic carbocycles. The zero-order chi connectivity index (χ0) is 16.6. The number of rotatable bonds is 2. The lowest BCUT2D eigenvalue weighted by molar-refractivity contribution is 1.15. The van der Waals surface area contributed by atoms with E-state index in [2.05, 4.69) is 21.3 Å². The van der Waals surface area contributed by atoms with Crippen LogP contribution in [0.15, 0.2) is 34.5 Å². The van der Waals surface area contributed by atoms with E-state index >= 15 is 0 Å². The number of aromatic nitrogens is 1. The van der Waals surface area contributed by atoms with Gasteiger partial charge in [0.05, 0.1) is 17.1 Å². The molecule has 0 atom stereocenters. The van der Waals surface area contributed by atoms with Gasteiger partial charge in [0.15, 0.2) is 0 Å². The van der Waals surface area contributed by atoms with Crippen molar-refractivity contribution in [1.82, 2.24) is 4.98 Å². The first-order valence-electron chi connectivity index (χ1n) is 7.09. The Labute approximate surface area is 138 Å². The molecular weight excluding hydrogens is 306 g/mol. The molecule has 0 spiro atoms. The smallest absolute Gasteiger partial charge is 0.130 e. The van der Waals surface area contributed by atoms with Gasteiger partial charge in [-0.2, -0.15) is 10.4 Å². The van der Waals surface area contributed by atoms with Crippen molar-refractivity contribution in [3.05, 3.63) is 46.0 Å². The van der Waals surface area contributed by atoms with Crippen molar-refractivity contribution < 1.29 is 0 Å². The molecule has 0 aliphatic rings. The summed E-state index contributed by atoms with van der Waals surface area (Å²) in [5.41, 5.74) is 10.9. The van der Waals surface area contributed by atoms with Gasteiger partial charge in [-0.25, -0.2) is 4.98 Å². The third-order valence-electron chi connectivity index (χ3n) is 3.67. The monoisotopic (exact) mass is 321 g/mol. The van der Waals surface area contributed by atoms with E-state index in [0.29, 0.717) is 16.3 Å². The number of anilines is 1. The summed E-state index contributed by atoms with van der Waals surface area (Å²) in [4.78, 5) is 5.78. The standard InChI is InChI=1S/C17H15N5S/c1-9-4-6-12(7-5-9)21-22-16-10(2)14-15(19)13(8-18)23-17(14)20-11(16)3/h4-7H,19H2,1-3H3. The van der Waals surface area contributed by atoms with Gasteiger partial charge in [0.1, 0.15) is 21.5 Å². The summed E-state index contributed by atoms with van der Waals surface area (Å²) in [5.74, 6) is 0. The molecule has 23 heavy (non-hydrogen) atoms. The largest absolute Gasteiger partial charge is 0.396 e. The highest BCUT2D eigenvalue weighted by Gasteiger charge is 2.17. The predicted octanol–water partition coefficient (Wildman–Crippen LogP) is 5.09. The van der Waals surface area contributed by atoms with E-state index in [1.807, 2.05) is 45.0 Å². The van der Waals surface area contributed by atoms with Crippen molar-refractivity contribution in [1.29, 1.82) is 5.26 Å². The zero-order valence-electron chi connectivity index (χ0n) is 13.1. The molecule has 0 fully saturated rings. The number of nitrogens with zero attached hydrogens (tertiary/aromatic N) is 4.